The number of amides is 1. The Morgan fingerprint density at radius 3 is 2.64 bits per heavy atom. The number of hydrogen-bond acceptors (Lipinski definition) is 4. The second-order valence-corrected chi connectivity index (χ2v) is 6.55. The van der Waals surface area contributed by atoms with Gasteiger partial charge in [-0.25, -0.2) is 4.98 Å². The molecule has 0 spiro atoms. The molecular weight excluding hydrogens is 294 g/mol. The molecule has 0 bridgehead atoms. The number of thiazole rings is 1. The van der Waals surface area contributed by atoms with Crippen molar-refractivity contribution in [1.82, 2.24) is 4.98 Å². The highest BCUT2D eigenvalue weighted by Crippen LogP contribution is 2.22. The second kappa shape index (κ2) is 7.40. The Morgan fingerprint density at radius 2 is 1.95 bits per heavy atom. The molecule has 1 aromatic heterocycles. The Balaban J connectivity index is 1.50. The molecule has 2 aromatic rings. The SMILES string of the molecule is O=C(CCc1nccs1)Nc1ccc(N2CCCCC2)cc1. The van der Waals surface area contributed by atoms with Crippen LogP contribution in [0.4, 0.5) is 11.4 Å². The molecule has 2 heterocycles. The minimum Gasteiger partial charge on any atom is -0.372 e. The summed E-state index contributed by atoms with van der Waals surface area (Å²) in [7, 11) is 0. The molecule has 0 saturated carbocycles. The van der Waals surface area contributed by atoms with Gasteiger partial charge in [0.25, 0.3) is 0 Å². The zero-order valence-corrected chi connectivity index (χ0v) is 13.4. The maximum absolute atomic E-state index is 11.9. The topological polar surface area (TPSA) is 45.2 Å². The predicted octanol–water partition coefficient (Wildman–Crippen LogP) is 3.70. The van der Waals surface area contributed by atoms with E-state index in [2.05, 4.69) is 27.3 Å². The Labute approximate surface area is 135 Å². The van der Waals surface area contributed by atoms with Crippen LogP contribution in [-0.4, -0.2) is 24.0 Å². The van der Waals surface area contributed by atoms with Gasteiger partial charge in [-0.05, 0) is 43.5 Å². The average Bonchev–Trinajstić information content (AvgIpc) is 3.08. The molecule has 4 nitrogen and oxygen atoms in total. The number of aryl methyl sites for hydroxylation is 1. The molecule has 1 aliphatic heterocycles. The quantitative estimate of drug-likeness (QED) is 0.915. The second-order valence-electron chi connectivity index (χ2n) is 5.57. The van der Waals surface area contributed by atoms with Crippen LogP contribution < -0.4 is 10.2 Å². The van der Waals surface area contributed by atoms with Gasteiger partial charge in [0.15, 0.2) is 0 Å². The average molecular weight is 315 g/mol. The van der Waals surface area contributed by atoms with Gasteiger partial charge in [-0.1, -0.05) is 0 Å². The summed E-state index contributed by atoms with van der Waals surface area (Å²) in [5.41, 5.74) is 2.12. The third kappa shape index (κ3) is 4.07. The van der Waals surface area contributed by atoms with Gasteiger partial charge in [0, 0.05) is 48.9 Å². The zero-order chi connectivity index (χ0) is 15.2. The van der Waals surface area contributed by atoms with E-state index in [9.17, 15) is 4.79 Å². The number of carbonyl (C=O) groups is 1. The Bertz CT molecular complexity index is 589. The standard InChI is InChI=1S/C17H21N3OS/c21-16(8-9-17-18-10-13-22-17)19-14-4-6-15(7-5-14)20-11-2-1-3-12-20/h4-7,10,13H,1-3,8-9,11-12H2,(H,19,21). The van der Waals surface area contributed by atoms with Crippen molar-refractivity contribution in [2.75, 3.05) is 23.3 Å². The Hall–Kier alpha value is -1.88. The van der Waals surface area contributed by atoms with E-state index < -0.39 is 0 Å². The van der Waals surface area contributed by atoms with Crippen LogP contribution in [0.2, 0.25) is 0 Å². The number of piperidine rings is 1. The number of carbonyl (C=O) groups excluding carboxylic acids is 1. The number of anilines is 2. The van der Waals surface area contributed by atoms with Crippen LogP contribution in [0, 0.1) is 0 Å². The third-order valence-corrected chi connectivity index (χ3v) is 4.76. The monoisotopic (exact) mass is 315 g/mol. The number of nitrogens with one attached hydrogen (secondary N) is 1. The Morgan fingerprint density at radius 1 is 1.18 bits per heavy atom. The van der Waals surface area contributed by atoms with E-state index in [4.69, 9.17) is 0 Å². The molecule has 0 radical (unpaired) electrons. The van der Waals surface area contributed by atoms with Gasteiger partial charge < -0.3 is 10.2 Å². The van der Waals surface area contributed by atoms with Crippen LogP contribution in [-0.2, 0) is 11.2 Å². The lowest BCUT2D eigenvalue weighted by Gasteiger charge is -2.28. The van der Waals surface area contributed by atoms with E-state index in [0.29, 0.717) is 12.8 Å². The van der Waals surface area contributed by atoms with Gasteiger partial charge in [0.1, 0.15) is 0 Å². The van der Waals surface area contributed by atoms with E-state index >= 15 is 0 Å². The first-order valence-electron chi connectivity index (χ1n) is 7.84. The van der Waals surface area contributed by atoms with Crippen LogP contribution in [0.5, 0.6) is 0 Å². The molecule has 3 rings (SSSR count). The zero-order valence-electron chi connectivity index (χ0n) is 12.6. The van der Waals surface area contributed by atoms with Crippen LogP contribution >= 0.6 is 11.3 Å². The van der Waals surface area contributed by atoms with Crippen LogP contribution in [0.1, 0.15) is 30.7 Å². The smallest absolute Gasteiger partial charge is 0.224 e. The fraction of sp³-hybridized carbons (Fsp3) is 0.412. The van der Waals surface area contributed by atoms with E-state index in [-0.39, 0.29) is 5.91 Å². The van der Waals surface area contributed by atoms with Crippen molar-refractivity contribution < 1.29 is 4.79 Å². The highest BCUT2D eigenvalue weighted by Gasteiger charge is 2.11. The summed E-state index contributed by atoms with van der Waals surface area (Å²) in [5.74, 6) is 0.0425. The van der Waals surface area contributed by atoms with Crippen molar-refractivity contribution in [1.29, 1.82) is 0 Å². The van der Waals surface area contributed by atoms with Crippen molar-refractivity contribution >= 4 is 28.6 Å². The van der Waals surface area contributed by atoms with E-state index in [1.54, 1.807) is 17.5 Å². The number of nitrogens with zero attached hydrogens (tertiary/aromatic N) is 2. The molecule has 1 N–H and O–H groups in total. The van der Waals surface area contributed by atoms with E-state index in [0.717, 1.165) is 23.8 Å². The van der Waals surface area contributed by atoms with Crippen molar-refractivity contribution in [2.24, 2.45) is 0 Å². The number of aromatic nitrogens is 1. The molecule has 1 fully saturated rings. The molecule has 5 heteroatoms. The molecular formula is C17H21N3OS. The van der Waals surface area contributed by atoms with Crippen LogP contribution in [0.15, 0.2) is 35.8 Å². The summed E-state index contributed by atoms with van der Waals surface area (Å²) in [6, 6.07) is 8.18. The molecule has 0 atom stereocenters. The molecule has 22 heavy (non-hydrogen) atoms. The minimum absolute atomic E-state index is 0.0425. The van der Waals surface area contributed by atoms with Gasteiger partial charge in [-0.2, -0.15) is 0 Å². The summed E-state index contributed by atoms with van der Waals surface area (Å²) < 4.78 is 0. The number of rotatable bonds is 5. The maximum atomic E-state index is 11.9. The van der Waals surface area contributed by atoms with Gasteiger partial charge in [0.05, 0.1) is 5.01 Å². The molecule has 1 aliphatic rings. The first-order valence-corrected chi connectivity index (χ1v) is 8.72. The lowest BCUT2D eigenvalue weighted by Crippen LogP contribution is -2.29. The van der Waals surface area contributed by atoms with E-state index in [1.807, 2.05) is 17.5 Å². The molecule has 0 unspecified atom stereocenters. The van der Waals surface area contributed by atoms with Crippen molar-refractivity contribution in [2.45, 2.75) is 32.1 Å². The predicted molar refractivity (Wildman–Crippen MR) is 91.6 cm³/mol. The molecule has 116 valence electrons. The fourth-order valence-corrected chi connectivity index (χ4v) is 3.35. The van der Waals surface area contributed by atoms with Crippen molar-refractivity contribution in [3.63, 3.8) is 0 Å². The molecule has 1 saturated heterocycles. The summed E-state index contributed by atoms with van der Waals surface area (Å²) in [6.07, 6.45) is 6.84. The fourth-order valence-electron chi connectivity index (χ4n) is 2.73. The largest absolute Gasteiger partial charge is 0.372 e. The highest BCUT2D eigenvalue weighted by molar-refractivity contribution is 7.09. The van der Waals surface area contributed by atoms with Gasteiger partial charge in [0.2, 0.25) is 5.91 Å². The van der Waals surface area contributed by atoms with Crippen LogP contribution in [0.25, 0.3) is 0 Å². The number of hydrogen-bond donors (Lipinski definition) is 1. The maximum Gasteiger partial charge on any atom is 0.224 e. The lowest BCUT2D eigenvalue weighted by atomic mass is 10.1. The highest BCUT2D eigenvalue weighted by atomic mass is 32.1. The van der Waals surface area contributed by atoms with Gasteiger partial charge in [-0.15, -0.1) is 11.3 Å². The van der Waals surface area contributed by atoms with Gasteiger partial charge in [-0.3, -0.25) is 4.79 Å². The summed E-state index contributed by atoms with van der Waals surface area (Å²) in [4.78, 5) is 18.6. The van der Waals surface area contributed by atoms with E-state index in [1.165, 1.54) is 24.9 Å². The summed E-state index contributed by atoms with van der Waals surface area (Å²) in [5, 5.41) is 5.90. The Kier molecular flexibility index (Phi) is 5.06. The minimum atomic E-state index is 0.0425. The first kappa shape index (κ1) is 15.0. The summed E-state index contributed by atoms with van der Waals surface area (Å²) in [6.45, 7) is 2.28. The van der Waals surface area contributed by atoms with Gasteiger partial charge >= 0.3 is 0 Å². The number of benzene rings is 1. The molecule has 1 amide bonds. The first-order chi connectivity index (χ1) is 10.8. The van der Waals surface area contributed by atoms with Crippen molar-refractivity contribution in [3.05, 3.63) is 40.8 Å². The molecule has 0 aliphatic carbocycles. The lowest BCUT2D eigenvalue weighted by molar-refractivity contribution is -0.116. The van der Waals surface area contributed by atoms with Crippen molar-refractivity contribution in [3.8, 4) is 0 Å². The summed E-state index contributed by atoms with van der Waals surface area (Å²) >= 11 is 1.59. The normalized spacial score (nSPS) is 14.8. The van der Waals surface area contributed by atoms with Crippen LogP contribution in [0.3, 0.4) is 0 Å². The third-order valence-electron chi connectivity index (χ3n) is 3.92. The molecule has 1 aromatic carbocycles.